The van der Waals surface area contributed by atoms with Gasteiger partial charge in [0.15, 0.2) is 11.6 Å². The predicted octanol–water partition coefficient (Wildman–Crippen LogP) is 3.94. The number of aliphatic hydroxyl groups excluding tert-OH is 1. The molecule has 7 nitrogen and oxygen atoms in total. The zero-order chi connectivity index (χ0) is 26.6. The molecule has 4 rings (SSSR count). The lowest BCUT2D eigenvalue weighted by atomic mass is 9.45. The van der Waals surface area contributed by atoms with Gasteiger partial charge in [-0.05, 0) is 42.2 Å². The topological polar surface area (TPSA) is 107 Å². The number of Topliss-reactive ketones (excluding diaryl/α,β-unsaturated/α-hetero) is 1. The molecule has 0 spiro atoms. The predicted molar refractivity (Wildman–Crippen MR) is 133 cm³/mol. The molecule has 0 amide bonds. The van der Waals surface area contributed by atoms with Crippen molar-refractivity contribution in [1.29, 1.82) is 0 Å². The van der Waals surface area contributed by atoms with Gasteiger partial charge in [-0.2, -0.15) is 0 Å². The Hall–Kier alpha value is -1.99. The van der Waals surface area contributed by atoms with Crippen molar-refractivity contribution in [2.24, 2.45) is 34.5 Å². The van der Waals surface area contributed by atoms with E-state index >= 15 is 0 Å². The smallest absolute Gasteiger partial charge is 0.305 e. The van der Waals surface area contributed by atoms with Crippen LogP contribution in [-0.2, 0) is 28.7 Å². The summed E-state index contributed by atoms with van der Waals surface area (Å²) in [6.07, 6.45) is 4.85. The van der Waals surface area contributed by atoms with Gasteiger partial charge in [0.2, 0.25) is 0 Å². The lowest BCUT2D eigenvalue weighted by molar-refractivity contribution is -0.175. The normalized spacial score (nSPS) is 43.1. The maximum Gasteiger partial charge on any atom is 0.305 e. The third-order valence-electron chi connectivity index (χ3n) is 9.55. The van der Waals surface area contributed by atoms with Gasteiger partial charge >= 0.3 is 11.9 Å². The van der Waals surface area contributed by atoms with E-state index in [-0.39, 0.29) is 55.2 Å². The fourth-order valence-corrected chi connectivity index (χ4v) is 8.49. The van der Waals surface area contributed by atoms with Gasteiger partial charge in [-0.15, -0.1) is 11.6 Å². The van der Waals surface area contributed by atoms with Gasteiger partial charge < -0.3 is 14.6 Å². The minimum Gasteiger partial charge on any atom is -0.462 e. The molecule has 3 fully saturated rings. The van der Waals surface area contributed by atoms with E-state index in [1.165, 1.54) is 6.08 Å². The van der Waals surface area contributed by atoms with Gasteiger partial charge in [-0.25, -0.2) is 0 Å². The summed E-state index contributed by atoms with van der Waals surface area (Å²) in [7, 11) is 0. The molecule has 4 aliphatic rings. The van der Waals surface area contributed by atoms with Crippen LogP contribution in [0.3, 0.4) is 0 Å². The first-order valence-corrected chi connectivity index (χ1v) is 13.4. The highest BCUT2D eigenvalue weighted by Crippen LogP contribution is 2.70. The van der Waals surface area contributed by atoms with E-state index in [1.54, 1.807) is 26.0 Å². The fourth-order valence-electron chi connectivity index (χ4n) is 7.93. The second-order valence-corrected chi connectivity index (χ2v) is 12.1. The summed E-state index contributed by atoms with van der Waals surface area (Å²) in [5.41, 5.74) is -0.687. The second kappa shape index (κ2) is 9.39. The molecule has 1 N–H and O–H groups in total. The summed E-state index contributed by atoms with van der Waals surface area (Å²) in [6, 6.07) is 0. The quantitative estimate of drug-likeness (QED) is 0.417. The van der Waals surface area contributed by atoms with Gasteiger partial charge in [0.25, 0.3) is 0 Å². The number of carbonyl (C=O) groups excluding carboxylic acids is 4. The Labute approximate surface area is 217 Å². The number of alkyl halides is 1. The van der Waals surface area contributed by atoms with Crippen LogP contribution in [0, 0.1) is 34.5 Å². The molecule has 0 aromatic carbocycles. The average molecular weight is 521 g/mol. The van der Waals surface area contributed by atoms with Gasteiger partial charge in [0.1, 0.15) is 12.7 Å². The minimum absolute atomic E-state index is 0.0326. The molecule has 9 atom stereocenters. The molecule has 0 radical (unpaired) electrons. The lowest BCUT2D eigenvalue weighted by Gasteiger charge is -2.64. The van der Waals surface area contributed by atoms with Crippen molar-refractivity contribution in [1.82, 2.24) is 0 Å². The van der Waals surface area contributed by atoms with E-state index in [0.29, 0.717) is 12.8 Å². The molecule has 0 saturated heterocycles. The molecule has 36 heavy (non-hydrogen) atoms. The summed E-state index contributed by atoms with van der Waals surface area (Å²) in [6.45, 7) is 9.07. The van der Waals surface area contributed by atoms with Crippen molar-refractivity contribution in [3.05, 3.63) is 23.8 Å². The summed E-state index contributed by atoms with van der Waals surface area (Å²) in [4.78, 5) is 48.6. The standard InChI is InChI=1S/C28H37ClO7/c1-6-22(33)35-14-19(31)24-15(3)10-18-25-20(36-23(34)7-2)12-16-11-17(30)8-9-27(16,5)28(25,29)21(32)13-26(18,24)4/h8-9,11,15,18,20-21,24-25,32H,6-7,10,12-14H2,1-5H3. The Kier molecular flexibility index (Phi) is 7.06. The number of rotatable bonds is 6. The Bertz CT molecular complexity index is 1030. The number of ether oxygens (including phenoxy) is 2. The van der Waals surface area contributed by atoms with Gasteiger partial charge in [-0.3, -0.25) is 19.2 Å². The molecule has 0 bridgehead atoms. The summed E-state index contributed by atoms with van der Waals surface area (Å²) >= 11 is 7.54. The van der Waals surface area contributed by atoms with Crippen molar-refractivity contribution < 1.29 is 33.8 Å². The molecular weight excluding hydrogens is 484 g/mol. The van der Waals surface area contributed by atoms with E-state index in [2.05, 4.69) is 0 Å². The number of carbonyl (C=O) groups is 4. The van der Waals surface area contributed by atoms with Gasteiger partial charge in [0, 0.05) is 36.5 Å². The summed E-state index contributed by atoms with van der Waals surface area (Å²) < 4.78 is 11.1. The Morgan fingerprint density at radius 3 is 2.47 bits per heavy atom. The second-order valence-electron chi connectivity index (χ2n) is 11.5. The number of hydrogen-bond acceptors (Lipinski definition) is 7. The van der Waals surface area contributed by atoms with E-state index in [9.17, 15) is 24.3 Å². The molecule has 0 aromatic rings. The molecule has 0 aliphatic heterocycles. The number of fused-ring (bicyclic) bond motifs is 5. The van der Waals surface area contributed by atoms with Crippen LogP contribution in [0.4, 0.5) is 0 Å². The number of aliphatic hydroxyl groups is 1. The van der Waals surface area contributed by atoms with Crippen LogP contribution in [0.25, 0.3) is 0 Å². The minimum atomic E-state index is -1.23. The van der Waals surface area contributed by atoms with Crippen LogP contribution >= 0.6 is 11.6 Å². The maximum absolute atomic E-state index is 13.4. The first-order valence-electron chi connectivity index (χ1n) is 13.0. The largest absolute Gasteiger partial charge is 0.462 e. The lowest BCUT2D eigenvalue weighted by Crippen LogP contribution is -2.69. The SMILES string of the molecule is CCC(=O)OCC(=O)C1C(C)CC2C3C(OC(=O)CC)CC4=CC(=O)C=CC4(C)C3(Cl)C(O)CC21C. The van der Waals surface area contributed by atoms with Gasteiger partial charge in [0.05, 0.1) is 11.0 Å². The Morgan fingerprint density at radius 2 is 1.83 bits per heavy atom. The van der Waals surface area contributed by atoms with Crippen LogP contribution in [0.2, 0.25) is 0 Å². The highest BCUT2D eigenvalue weighted by atomic mass is 35.5. The van der Waals surface area contributed by atoms with Crippen molar-refractivity contribution in [2.75, 3.05) is 6.61 Å². The van der Waals surface area contributed by atoms with E-state index in [4.69, 9.17) is 21.1 Å². The molecule has 0 aromatic heterocycles. The first kappa shape index (κ1) is 27.1. The number of halogens is 1. The van der Waals surface area contributed by atoms with Crippen LogP contribution < -0.4 is 0 Å². The fraction of sp³-hybridized carbons (Fsp3) is 0.714. The maximum atomic E-state index is 13.4. The zero-order valence-electron chi connectivity index (χ0n) is 21.7. The van der Waals surface area contributed by atoms with Crippen LogP contribution in [0.5, 0.6) is 0 Å². The first-order chi connectivity index (χ1) is 16.8. The van der Waals surface area contributed by atoms with Crippen LogP contribution in [0.15, 0.2) is 23.8 Å². The molecule has 198 valence electrons. The van der Waals surface area contributed by atoms with Crippen LogP contribution in [-0.4, -0.2) is 52.3 Å². The highest BCUT2D eigenvalue weighted by molar-refractivity contribution is 6.26. The van der Waals surface area contributed by atoms with E-state index < -0.39 is 45.7 Å². The van der Waals surface area contributed by atoms with E-state index in [0.717, 1.165) is 5.57 Å². The Balaban J connectivity index is 1.78. The number of hydrogen-bond donors (Lipinski definition) is 1. The van der Waals surface area contributed by atoms with Crippen molar-refractivity contribution >= 4 is 35.1 Å². The molecular formula is C28H37ClO7. The molecule has 8 heteroatoms. The monoisotopic (exact) mass is 520 g/mol. The number of esters is 2. The molecule has 0 heterocycles. The third kappa shape index (κ3) is 3.89. The summed E-state index contributed by atoms with van der Waals surface area (Å²) in [5, 5.41) is 11.8. The molecule has 3 saturated carbocycles. The zero-order valence-corrected chi connectivity index (χ0v) is 22.5. The average Bonchev–Trinajstić information content (AvgIpc) is 3.08. The molecule has 9 unspecified atom stereocenters. The van der Waals surface area contributed by atoms with Crippen molar-refractivity contribution in [2.45, 2.75) is 83.8 Å². The highest BCUT2D eigenvalue weighted by Gasteiger charge is 2.73. The third-order valence-corrected chi connectivity index (χ3v) is 10.5. The number of ketones is 2. The van der Waals surface area contributed by atoms with Crippen LogP contribution in [0.1, 0.15) is 66.7 Å². The van der Waals surface area contributed by atoms with Crippen molar-refractivity contribution in [3.8, 4) is 0 Å². The van der Waals surface area contributed by atoms with E-state index in [1.807, 2.05) is 20.8 Å². The Morgan fingerprint density at radius 1 is 1.17 bits per heavy atom. The molecule has 4 aliphatic carbocycles. The number of allylic oxidation sites excluding steroid dienone is 3. The van der Waals surface area contributed by atoms with Gasteiger partial charge in [-0.1, -0.05) is 46.3 Å². The summed E-state index contributed by atoms with van der Waals surface area (Å²) in [5.74, 6) is -2.13. The van der Waals surface area contributed by atoms with Crippen molar-refractivity contribution in [3.63, 3.8) is 0 Å².